The fraction of sp³-hybridized carbons (Fsp3) is 0.278. The van der Waals surface area contributed by atoms with Crippen molar-refractivity contribution in [2.75, 3.05) is 11.4 Å². The van der Waals surface area contributed by atoms with Gasteiger partial charge in [-0.05, 0) is 37.1 Å². The number of benzene rings is 2. The Labute approximate surface area is 141 Å². The monoisotopic (exact) mass is 345 g/mol. The van der Waals surface area contributed by atoms with Crippen molar-refractivity contribution in [2.24, 2.45) is 0 Å². The van der Waals surface area contributed by atoms with Crippen LogP contribution >= 0.6 is 0 Å². The van der Waals surface area contributed by atoms with E-state index in [1.165, 1.54) is 11.4 Å². The first-order chi connectivity index (χ1) is 11.5. The van der Waals surface area contributed by atoms with Gasteiger partial charge in [-0.15, -0.1) is 0 Å². The molecule has 5 nitrogen and oxygen atoms in total. The Balaban J connectivity index is 2.14. The SMILES string of the molecule is COC(=O)C1CC(C)N(S(=O)(=O)c2ccccc2)c2ccccc21. The highest BCUT2D eigenvalue weighted by molar-refractivity contribution is 7.92. The molecule has 0 aromatic heterocycles. The lowest BCUT2D eigenvalue weighted by molar-refractivity contribution is -0.142. The van der Waals surface area contributed by atoms with Gasteiger partial charge in [0.05, 0.1) is 23.6 Å². The van der Waals surface area contributed by atoms with Crippen molar-refractivity contribution >= 4 is 21.7 Å². The van der Waals surface area contributed by atoms with E-state index in [2.05, 4.69) is 0 Å². The lowest BCUT2D eigenvalue weighted by Gasteiger charge is -2.38. The second-order valence-electron chi connectivity index (χ2n) is 5.83. The maximum atomic E-state index is 13.1. The minimum atomic E-state index is -3.70. The second kappa shape index (κ2) is 6.28. The molecule has 0 amide bonds. The van der Waals surface area contributed by atoms with Crippen LogP contribution in [0.15, 0.2) is 59.5 Å². The van der Waals surface area contributed by atoms with Gasteiger partial charge < -0.3 is 4.74 Å². The lowest BCUT2D eigenvalue weighted by Crippen LogP contribution is -2.44. The van der Waals surface area contributed by atoms with Crippen molar-refractivity contribution in [1.82, 2.24) is 0 Å². The van der Waals surface area contributed by atoms with Crippen molar-refractivity contribution in [1.29, 1.82) is 0 Å². The first-order valence-corrected chi connectivity index (χ1v) is 9.17. The Morgan fingerprint density at radius 1 is 1.08 bits per heavy atom. The van der Waals surface area contributed by atoms with E-state index in [9.17, 15) is 13.2 Å². The van der Waals surface area contributed by atoms with Crippen LogP contribution in [-0.2, 0) is 19.6 Å². The van der Waals surface area contributed by atoms with E-state index in [0.717, 1.165) is 0 Å². The van der Waals surface area contributed by atoms with Crippen molar-refractivity contribution in [2.45, 2.75) is 30.2 Å². The molecular weight excluding hydrogens is 326 g/mol. The highest BCUT2D eigenvalue weighted by atomic mass is 32.2. The summed E-state index contributed by atoms with van der Waals surface area (Å²) >= 11 is 0. The Bertz CT molecular complexity index is 848. The zero-order chi connectivity index (χ0) is 17.3. The molecule has 0 N–H and O–H groups in total. The molecule has 1 heterocycles. The number of fused-ring (bicyclic) bond motifs is 1. The normalized spacial score (nSPS) is 20.3. The first kappa shape index (κ1) is 16.5. The van der Waals surface area contributed by atoms with Gasteiger partial charge in [0.1, 0.15) is 0 Å². The van der Waals surface area contributed by atoms with Gasteiger partial charge in [-0.1, -0.05) is 36.4 Å². The molecule has 2 atom stereocenters. The number of ether oxygens (including phenoxy) is 1. The van der Waals surface area contributed by atoms with Crippen LogP contribution in [0.3, 0.4) is 0 Å². The number of hydrogen-bond acceptors (Lipinski definition) is 4. The maximum Gasteiger partial charge on any atom is 0.313 e. The van der Waals surface area contributed by atoms with E-state index < -0.39 is 15.9 Å². The predicted molar refractivity (Wildman–Crippen MR) is 91.4 cm³/mol. The summed E-state index contributed by atoms with van der Waals surface area (Å²) in [5.74, 6) is -0.797. The number of carbonyl (C=O) groups excluding carboxylic acids is 1. The molecule has 0 fully saturated rings. The van der Waals surface area contributed by atoms with Crippen molar-refractivity contribution in [3.8, 4) is 0 Å². The van der Waals surface area contributed by atoms with Crippen LogP contribution in [0.2, 0.25) is 0 Å². The van der Waals surface area contributed by atoms with Crippen molar-refractivity contribution in [3.63, 3.8) is 0 Å². The number of para-hydroxylation sites is 1. The summed E-state index contributed by atoms with van der Waals surface area (Å²) in [4.78, 5) is 12.4. The third-order valence-corrected chi connectivity index (χ3v) is 6.25. The fourth-order valence-electron chi connectivity index (χ4n) is 3.22. The second-order valence-corrected chi connectivity index (χ2v) is 7.65. The van der Waals surface area contributed by atoms with E-state index in [-0.39, 0.29) is 16.9 Å². The number of carbonyl (C=O) groups is 1. The molecule has 2 aromatic carbocycles. The number of methoxy groups -OCH3 is 1. The quantitative estimate of drug-likeness (QED) is 0.803. The number of anilines is 1. The van der Waals surface area contributed by atoms with E-state index in [4.69, 9.17) is 4.74 Å². The van der Waals surface area contributed by atoms with Gasteiger partial charge in [-0.3, -0.25) is 9.10 Å². The van der Waals surface area contributed by atoms with E-state index in [1.807, 2.05) is 6.92 Å². The topological polar surface area (TPSA) is 63.7 Å². The molecule has 0 radical (unpaired) electrons. The van der Waals surface area contributed by atoms with Gasteiger partial charge >= 0.3 is 5.97 Å². The number of hydrogen-bond donors (Lipinski definition) is 0. The average Bonchev–Trinajstić information content (AvgIpc) is 2.60. The summed E-state index contributed by atoms with van der Waals surface area (Å²) in [6.07, 6.45) is 0.385. The van der Waals surface area contributed by atoms with E-state index in [1.54, 1.807) is 54.6 Å². The molecule has 1 aliphatic heterocycles. The Morgan fingerprint density at radius 2 is 1.71 bits per heavy atom. The molecule has 0 spiro atoms. The third-order valence-electron chi connectivity index (χ3n) is 4.31. The van der Waals surface area contributed by atoms with Crippen LogP contribution in [0, 0.1) is 0 Å². The molecule has 0 saturated carbocycles. The Hall–Kier alpha value is -2.34. The summed E-state index contributed by atoms with van der Waals surface area (Å²) in [7, 11) is -2.35. The highest BCUT2D eigenvalue weighted by Gasteiger charge is 2.40. The highest BCUT2D eigenvalue weighted by Crippen LogP contribution is 2.41. The Morgan fingerprint density at radius 3 is 2.38 bits per heavy atom. The van der Waals surface area contributed by atoms with E-state index in [0.29, 0.717) is 17.7 Å². The minimum absolute atomic E-state index is 0.239. The van der Waals surface area contributed by atoms with Gasteiger partial charge in [-0.25, -0.2) is 8.42 Å². The zero-order valence-electron chi connectivity index (χ0n) is 13.5. The molecule has 2 unspecified atom stereocenters. The van der Waals surface area contributed by atoms with Crippen LogP contribution in [0.25, 0.3) is 0 Å². The summed E-state index contributed by atoms with van der Waals surface area (Å²) in [6, 6.07) is 15.1. The molecule has 3 rings (SSSR count). The summed E-state index contributed by atoms with van der Waals surface area (Å²) in [5, 5.41) is 0. The minimum Gasteiger partial charge on any atom is -0.469 e. The largest absolute Gasteiger partial charge is 0.469 e. The standard InChI is InChI=1S/C18H19NO4S/c1-13-12-16(18(20)23-2)15-10-6-7-11-17(15)19(13)24(21,22)14-8-4-3-5-9-14/h3-11,13,16H,12H2,1-2H3. The van der Waals surface area contributed by atoms with Crippen LogP contribution in [0.1, 0.15) is 24.8 Å². The molecule has 0 bridgehead atoms. The van der Waals surface area contributed by atoms with E-state index >= 15 is 0 Å². The molecular formula is C18H19NO4S. The molecule has 2 aromatic rings. The molecule has 1 aliphatic rings. The number of esters is 1. The van der Waals surface area contributed by atoms with Gasteiger partial charge in [0, 0.05) is 6.04 Å². The summed E-state index contributed by atoms with van der Waals surface area (Å²) < 4.78 is 32.5. The van der Waals surface area contributed by atoms with Gasteiger partial charge in [0.15, 0.2) is 0 Å². The summed E-state index contributed by atoms with van der Waals surface area (Å²) in [6.45, 7) is 1.81. The van der Waals surface area contributed by atoms with Crippen LogP contribution in [0.5, 0.6) is 0 Å². The molecule has 6 heteroatoms. The van der Waals surface area contributed by atoms with Crippen LogP contribution < -0.4 is 4.31 Å². The van der Waals surface area contributed by atoms with Crippen molar-refractivity contribution in [3.05, 3.63) is 60.2 Å². The zero-order valence-corrected chi connectivity index (χ0v) is 14.4. The molecule has 126 valence electrons. The van der Waals surface area contributed by atoms with Gasteiger partial charge in [0.2, 0.25) is 0 Å². The smallest absolute Gasteiger partial charge is 0.313 e. The predicted octanol–water partition coefficient (Wildman–Crippen LogP) is 2.93. The number of nitrogens with zero attached hydrogens (tertiary/aromatic N) is 1. The maximum absolute atomic E-state index is 13.1. The first-order valence-electron chi connectivity index (χ1n) is 7.73. The van der Waals surface area contributed by atoms with Crippen molar-refractivity contribution < 1.29 is 17.9 Å². The summed E-state index contributed by atoms with van der Waals surface area (Å²) in [5.41, 5.74) is 1.22. The third kappa shape index (κ3) is 2.67. The Kier molecular flexibility index (Phi) is 4.32. The molecule has 0 saturated heterocycles. The fourth-order valence-corrected chi connectivity index (χ4v) is 4.94. The van der Waals surface area contributed by atoms with Gasteiger partial charge in [0.25, 0.3) is 10.0 Å². The average molecular weight is 345 g/mol. The number of rotatable bonds is 3. The molecule has 0 aliphatic carbocycles. The van der Waals surface area contributed by atoms with Crippen LogP contribution in [-0.4, -0.2) is 27.5 Å². The lowest BCUT2D eigenvalue weighted by atomic mass is 9.87. The molecule has 24 heavy (non-hydrogen) atoms. The van der Waals surface area contributed by atoms with Crippen LogP contribution in [0.4, 0.5) is 5.69 Å². The number of sulfonamides is 1. The van der Waals surface area contributed by atoms with Gasteiger partial charge in [-0.2, -0.15) is 0 Å².